The maximum Gasteiger partial charge on any atom is 0.119 e. The van der Waals surface area contributed by atoms with Gasteiger partial charge in [-0.2, -0.15) is 0 Å². The van der Waals surface area contributed by atoms with Crippen molar-refractivity contribution in [3.63, 3.8) is 0 Å². The van der Waals surface area contributed by atoms with Crippen LogP contribution in [-0.2, 0) is 6.54 Å². The summed E-state index contributed by atoms with van der Waals surface area (Å²) in [7, 11) is 3.77. The van der Waals surface area contributed by atoms with Gasteiger partial charge in [-0.1, -0.05) is 42.5 Å². The number of likely N-dealkylation sites (N-methyl/N-ethyl adjacent to an activating group) is 1. The van der Waals surface area contributed by atoms with Crippen LogP contribution in [0.15, 0.2) is 54.6 Å². The highest BCUT2D eigenvalue weighted by atomic mass is 16.5. The first-order chi connectivity index (χ1) is 9.69. The van der Waals surface area contributed by atoms with Gasteiger partial charge < -0.3 is 15.4 Å². The third kappa shape index (κ3) is 4.08. The molecule has 0 bridgehead atoms. The van der Waals surface area contributed by atoms with E-state index in [0.717, 1.165) is 18.8 Å². The van der Waals surface area contributed by atoms with Crippen molar-refractivity contribution >= 4 is 0 Å². The highest BCUT2D eigenvalue weighted by molar-refractivity contribution is 5.28. The summed E-state index contributed by atoms with van der Waals surface area (Å²) in [4.78, 5) is 2.23. The zero-order chi connectivity index (χ0) is 14.4. The Morgan fingerprint density at radius 3 is 2.55 bits per heavy atom. The molecule has 0 radical (unpaired) electrons. The minimum atomic E-state index is 0.0341. The molecule has 0 aliphatic heterocycles. The fourth-order valence-electron chi connectivity index (χ4n) is 2.29. The number of hydrogen-bond acceptors (Lipinski definition) is 3. The maximum absolute atomic E-state index is 6.24. The Labute approximate surface area is 121 Å². The van der Waals surface area contributed by atoms with Crippen molar-refractivity contribution in [1.29, 1.82) is 0 Å². The summed E-state index contributed by atoms with van der Waals surface area (Å²) in [6, 6.07) is 18.4. The van der Waals surface area contributed by atoms with Crippen LogP contribution in [-0.4, -0.2) is 25.6 Å². The lowest BCUT2D eigenvalue weighted by Gasteiger charge is -2.21. The molecule has 0 fully saturated rings. The largest absolute Gasteiger partial charge is 0.497 e. The van der Waals surface area contributed by atoms with Crippen molar-refractivity contribution in [2.75, 3.05) is 20.7 Å². The van der Waals surface area contributed by atoms with E-state index in [1.165, 1.54) is 11.1 Å². The van der Waals surface area contributed by atoms with Crippen molar-refractivity contribution in [2.45, 2.75) is 12.6 Å². The zero-order valence-electron chi connectivity index (χ0n) is 12.1. The molecule has 3 heteroatoms. The Hall–Kier alpha value is -1.84. The molecular formula is C17H22N2O. The average molecular weight is 270 g/mol. The van der Waals surface area contributed by atoms with Crippen LogP contribution in [0.4, 0.5) is 0 Å². The van der Waals surface area contributed by atoms with Crippen LogP contribution in [0.5, 0.6) is 5.75 Å². The summed E-state index contributed by atoms with van der Waals surface area (Å²) in [6.45, 7) is 1.68. The van der Waals surface area contributed by atoms with Crippen LogP contribution in [0.25, 0.3) is 0 Å². The number of hydrogen-bond donors (Lipinski definition) is 1. The van der Waals surface area contributed by atoms with Gasteiger partial charge in [0.1, 0.15) is 5.75 Å². The summed E-state index contributed by atoms with van der Waals surface area (Å²) in [5.41, 5.74) is 8.64. The van der Waals surface area contributed by atoms with Crippen LogP contribution in [0.1, 0.15) is 17.2 Å². The molecule has 1 unspecified atom stereocenters. The highest BCUT2D eigenvalue weighted by Crippen LogP contribution is 2.16. The molecule has 0 aliphatic carbocycles. The topological polar surface area (TPSA) is 38.5 Å². The number of benzene rings is 2. The molecule has 106 valence electrons. The van der Waals surface area contributed by atoms with E-state index in [2.05, 4.69) is 36.2 Å². The summed E-state index contributed by atoms with van der Waals surface area (Å²) in [5, 5.41) is 0. The smallest absolute Gasteiger partial charge is 0.119 e. The first kappa shape index (κ1) is 14.6. The third-order valence-electron chi connectivity index (χ3n) is 3.32. The highest BCUT2D eigenvalue weighted by Gasteiger charge is 2.09. The molecule has 0 saturated carbocycles. The minimum absolute atomic E-state index is 0.0341. The van der Waals surface area contributed by atoms with Crippen LogP contribution in [0.2, 0.25) is 0 Å². The second kappa shape index (κ2) is 7.08. The van der Waals surface area contributed by atoms with Gasteiger partial charge in [0.25, 0.3) is 0 Å². The molecule has 20 heavy (non-hydrogen) atoms. The second-order valence-electron chi connectivity index (χ2n) is 5.07. The van der Waals surface area contributed by atoms with Crippen molar-refractivity contribution in [3.8, 4) is 5.75 Å². The Balaban J connectivity index is 1.93. The lowest BCUT2D eigenvalue weighted by Crippen LogP contribution is -2.28. The van der Waals surface area contributed by atoms with Crippen LogP contribution in [0.3, 0.4) is 0 Å². The molecule has 0 aliphatic rings. The summed E-state index contributed by atoms with van der Waals surface area (Å²) in [5.74, 6) is 0.892. The monoisotopic (exact) mass is 270 g/mol. The van der Waals surface area contributed by atoms with Gasteiger partial charge in [-0.15, -0.1) is 0 Å². The molecule has 2 aromatic rings. The van der Waals surface area contributed by atoms with Gasteiger partial charge in [-0.3, -0.25) is 0 Å². The van der Waals surface area contributed by atoms with Gasteiger partial charge in [0.05, 0.1) is 7.11 Å². The number of nitrogens with zero attached hydrogens (tertiary/aromatic N) is 1. The second-order valence-corrected chi connectivity index (χ2v) is 5.07. The molecular weight excluding hydrogens is 248 g/mol. The number of ether oxygens (including phenoxy) is 1. The molecule has 0 spiro atoms. The summed E-state index contributed by atoms with van der Waals surface area (Å²) >= 11 is 0. The van der Waals surface area contributed by atoms with E-state index in [0.29, 0.717) is 0 Å². The molecule has 0 heterocycles. The van der Waals surface area contributed by atoms with Gasteiger partial charge in [-0.25, -0.2) is 0 Å². The SMILES string of the molecule is COc1cccc(CN(C)CC(N)c2ccccc2)c1. The lowest BCUT2D eigenvalue weighted by atomic mass is 10.1. The normalized spacial score (nSPS) is 12.4. The standard InChI is InChI=1S/C17H22N2O/c1-19(12-14-7-6-10-16(11-14)20-2)13-17(18)15-8-4-3-5-9-15/h3-11,17H,12-13,18H2,1-2H3. The Morgan fingerprint density at radius 2 is 1.85 bits per heavy atom. The van der Waals surface area contributed by atoms with E-state index in [9.17, 15) is 0 Å². The van der Waals surface area contributed by atoms with Gasteiger partial charge in [0.2, 0.25) is 0 Å². The lowest BCUT2D eigenvalue weighted by molar-refractivity contribution is 0.304. The number of nitrogens with two attached hydrogens (primary N) is 1. The van der Waals surface area contributed by atoms with Gasteiger partial charge in [0.15, 0.2) is 0 Å². The predicted molar refractivity (Wildman–Crippen MR) is 82.7 cm³/mol. The third-order valence-corrected chi connectivity index (χ3v) is 3.32. The van der Waals surface area contributed by atoms with Crippen molar-refractivity contribution in [3.05, 3.63) is 65.7 Å². The average Bonchev–Trinajstić information content (AvgIpc) is 2.48. The molecule has 0 aromatic heterocycles. The van der Waals surface area contributed by atoms with E-state index in [-0.39, 0.29) is 6.04 Å². The first-order valence-electron chi connectivity index (χ1n) is 6.81. The minimum Gasteiger partial charge on any atom is -0.497 e. The van der Waals surface area contributed by atoms with Gasteiger partial charge >= 0.3 is 0 Å². The van der Waals surface area contributed by atoms with Crippen LogP contribution >= 0.6 is 0 Å². The molecule has 1 atom stereocenters. The van der Waals surface area contributed by atoms with Crippen molar-refractivity contribution < 1.29 is 4.74 Å². The predicted octanol–water partition coefficient (Wildman–Crippen LogP) is 2.83. The molecule has 2 N–H and O–H groups in total. The Bertz CT molecular complexity index is 528. The quantitative estimate of drug-likeness (QED) is 0.877. The fraction of sp³-hybridized carbons (Fsp3) is 0.294. The van der Waals surface area contributed by atoms with Crippen LogP contribution in [0, 0.1) is 0 Å². The molecule has 0 saturated heterocycles. The van der Waals surface area contributed by atoms with Crippen molar-refractivity contribution in [2.24, 2.45) is 5.73 Å². The van der Waals surface area contributed by atoms with E-state index < -0.39 is 0 Å². The van der Waals surface area contributed by atoms with E-state index >= 15 is 0 Å². The maximum atomic E-state index is 6.24. The Kier molecular flexibility index (Phi) is 5.16. The molecule has 2 rings (SSSR count). The summed E-state index contributed by atoms with van der Waals surface area (Å²) < 4.78 is 5.24. The molecule has 2 aromatic carbocycles. The van der Waals surface area contributed by atoms with E-state index in [4.69, 9.17) is 10.5 Å². The number of methoxy groups -OCH3 is 1. The fourth-order valence-corrected chi connectivity index (χ4v) is 2.29. The molecule has 0 amide bonds. The Morgan fingerprint density at radius 1 is 1.10 bits per heavy atom. The first-order valence-corrected chi connectivity index (χ1v) is 6.81. The molecule has 3 nitrogen and oxygen atoms in total. The van der Waals surface area contributed by atoms with Gasteiger partial charge in [-0.05, 0) is 30.3 Å². The van der Waals surface area contributed by atoms with Crippen LogP contribution < -0.4 is 10.5 Å². The summed E-state index contributed by atoms with van der Waals surface area (Å²) in [6.07, 6.45) is 0. The van der Waals surface area contributed by atoms with E-state index in [1.54, 1.807) is 7.11 Å². The van der Waals surface area contributed by atoms with Gasteiger partial charge in [0, 0.05) is 19.1 Å². The number of rotatable bonds is 6. The van der Waals surface area contributed by atoms with Crippen molar-refractivity contribution in [1.82, 2.24) is 4.90 Å². The zero-order valence-corrected chi connectivity index (χ0v) is 12.1. The van der Waals surface area contributed by atoms with E-state index in [1.807, 2.05) is 30.3 Å².